The van der Waals surface area contributed by atoms with Crippen LogP contribution in [-0.2, 0) is 6.42 Å². The summed E-state index contributed by atoms with van der Waals surface area (Å²) in [5, 5.41) is 6.54. The van der Waals surface area contributed by atoms with Crippen LogP contribution < -0.4 is 5.43 Å². The van der Waals surface area contributed by atoms with Crippen LogP contribution in [0.25, 0.3) is 0 Å². The van der Waals surface area contributed by atoms with Crippen molar-refractivity contribution in [2.45, 2.75) is 19.8 Å². The molecule has 0 saturated carbocycles. The molecule has 0 unspecified atom stereocenters. The first-order valence-corrected chi connectivity index (χ1v) is 4.55. The number of hydrogen-bond donors (Lipinski definition) is 1. The third-order valence-corrected chi connectivity index (χ3v) is 2.55. The van der Waals surface area contributed by atoms with Crippen LogP contribution in [0.1, 0.15) is 19.0 Å². The van der Waals surface area contributed by atoms with E-state index in [4.69, 9.17) is 0 Å². The van der Waals surface area contributed by atoms with Gasteiger partial charge in [-0.2, -0.15) is 5.10 Å². The predicted molar refractivity (Wildman–Crippen MR) is 51.6 cm³/mol. The fraction of sp³-hybridized carbons (Fsp3) is 0.429. The minimum atomic E-state index is 0.00722. The molecule has 1 rings (SSSR count). The van der Waals surface area contributed by atoms with E-state index < -0.39 is 0 Å². The first-order chi connectivity index (χ1) is 5.25. The second-order valence-corrected chi connectivity index (χ2v) is 3.36. The van der Waals surface area contributed by atoms with Crippen LogP contribution in [0.3, 0.4) is 0 Å². The molecule has 0 amide bonds. The lowest BCUT2D eigenvalue weighted by Crippen LogP contribution is -2.11. The van der Waals surface area contributed by atoms with Crippen molar-refractivity contribution < 1.29 is 0 Å². The molecule has 1 aromatic heterocycles. The summed E-state index contributed by atoms with van der Waals surface area (Å²) in [4.78, 5) is 11.0. The van der Waals surface area contributed by atoms with Crippen molar-refractivity contribution in [3.63, 3.8) is 0 Å². The van der Waals surface area contributed by atoms with Crippen molar-refractivity contribution in [2.24, 2.45) is 0 Å². The number of hydrogen-bond acceptors (Lipinski definition) is 2. The maximum Gasteiger partial charge on any atom is 0.213 e. The van der Waals surface area contributed by atoms with Crippen molar-refractivity contribution in [2.75, 3.05) is 0 Å². The summed E-state index contributed by atoms with van der Waals surface area (Å²) in [6, 6.07) is 0. The number of aromatic amines is 1. The summed E-state index contributed by atoms with van der Waals surface area (Å²) in [6.07, 6.45) is 3.22. The van der Waals surface area contributed by atoms with Crippen LogP contribution in [-0.4, -0.2) is 10.2 Å². The predicted octanol–water partition coefficient (Wildman–Crippen LogP) is 1.33. The number of aryl methyl sites for hydroxylation is 1. The molecule has 1 heterocycles. The fourth-order valence-corrected chi connectivity index (χ4v) is 1.37. The SMILES string of the molecule is CCCc1[nH]ncc(=O)c1I. The van der Waals surface area contributed by atoms with Gasteiger partial charge in [-0.3, -0.25) is 9.89 Å². The van der Waals surface area contributed by atoms with Gasteiger partial charge in [0.05, 0.1) is 15.5 Å². The van der Waals surface area contributed by atoms with E-state index in [-0.39, 0.29) is 5.43 Å². The topological polar surface area (TPSA) is 45.8 Å². The molecule has 1 N–H and O–H groups in total. The number of nitrogens with one attached hydrogen (secondary N) is 1. The van der Waals surface area contributed by atoms with Crippen molar-refractivity contribution >= 4 is 22.6 Å². The number of rotatable bonds is 2. The molecule has 0 atom stereocenters. The molecule has 0 radical (unpaired) electrons. The van der Waals surface area contributed by atoms with E-state index in [1.165, 1.54) is 6.20 Å². The Bertz CT molecular complexity index is 295. The summed E-state index contributed by atoms with van der Waals surface area (Å²) in [5.41, 5.74) is 0.952. The smallest absolute Gasteiger partial charge is 0.213 e. The quantitative estimate of drug-likeness (QED) is 0.819. The Morgan fingerprint density at radius 1 is 1.73 bits per heavy atom. The lowest BCUT2D eigenvalue weighted by atomic mass is 10.2. The number of H-pyrrole nitrogens is 1. The van der Waals surface area contributed by atoms with Crippen LogP contribution in [0, 0.1) is 3.57 Å². The van der Waals surface area contributed by atoms with Gasteiger partial charge >= 0.3 is 0 Å². The third-order valence-electron chi connectivity index (χ3n) is 1.36. The average molecular weight is 264 g/mol. The van der Waals surface area contributed by atoms with Crippen LogP contribution in [0.2, 0.25) is 0 Å². The zero-order chi connectivity index (χ0) is 8.27. The largest absolute Gasteiger partial charge is 0.287 e. The van der Waals surface area contributed by atoms with Gasteiger partial charge in [0.25, 0.3) is 0 Å². The minimum Gasteiger partial charge on any atom is -0.287 e. The van der Waals surface area contributed by atoms with Crippen molar-refractivity contribution in [1.82, 2.24) is 10.2 Å². The molecular formula is C7H9IN2O. The zero-order valence-corrected chi connectivity index (χ0v) is 8.38. The van der Waals surface area contributed by atoms with E-state index in [9.17, 15) is 4.79 Å². The highest BCUT2D eigenvalue weighted by Gasteiger charge is 2.01. The molecule has 0 bridgehead atoms. The Morgan fingerprint density at radius 3 is 3.09 bits per heavy atom. The second kappa shape index (κ2) is 3.85. The van der Waals surface area contributed by atoms with Crippen molar-refractivity contribution in [1.29, 1.82) is 0 Å². The summed E-state index contributed by atoms with van der Waals surface area (Å²) >= 11 is 2.04. The minimum absolute atomic E-state index is 0.00722. The van der Waals surface area contributed by atoms with Crippen molar-refractivity contribution in [3.05, 3.63) is 25.7 Å². The fourth-order valence-electron chi connectivity index (χ4n) is 0.839. The Kier molecular flexibility index (Phi) is 3.04. The standard InChI is InChI=1S/C7H9IN2O/c1-2-3-5-7(8)6(11)4-9-10-5/h4H,2-3H2,1H3,(H,10,11). The summed E-state index contributed by atoms with van der Waals surface area (Å²) in [7, 11) is 0. The molecule has 3 nitrogen and oxygen atoms in total. The highest BCUT2D eigenvalue weighted by atomic mass is 127. The molecule has 0 spiro atoms. The van der Waals surface area contributed by atoms with E-state index in [1.807, 2.05) is 22.6 Å². The van der Waals surface area contributed by atoms with Gasteiger partial charge in [-0.05, 0) is 29.0 Å². The average Bonchev–Trinajstić information content (AvgIpc) is 1.99. The van der Waals surface area contributed by atoms with E-state index >= 15 is 0 Å². The number of nitrogens with zero attached hydrogens (tertiary/aromatic N) is 1. The lowest BCUT2D eigenvalue weighted by Gasteiger charge is -1.98. The zero-order valence-electron chi connectivity index (χ0n) is 6.22. The summed E-state index contributed by atoms with van der Waals surface area (Å²) in [5.74, 6) is 0. The van der Waals surface area contributed by atoms with Crippen LogP contribution in [0.4, 0.5) is 0 Å². The molecule has 0 aliphatic carbocycles. The molecule has 11 heavy (non-hydrogen) atoms. The van der Waals surface area contributed by atoms with E-state index in [1.54, 1.807) is 0 Å². The molecule has 0 saturated heterocycles. The summed E-state index contributed by atoms with van der Waals surface area (Å²) in [6.45, 7) is 2.07. The van der Waals surface area contributed by atoms with Gasteiger partial charge in [-0.1, -0.05) is 13.3 Å². The molecule has 0 aliphatic rings. The highest BCUT2D eigenvalue weighted by Crippen LogP contribution is 2.04. The third kappa shape index (κ3) is 2.02. The number of halogens is 1. The van der Waals surface area contributed by atoms with Gasteiger partial charge in [0, 0.05) is 0 Å². The number of aromatic nitrogens is 2. The Hall–Kier alpha value is -0.390. The van der Waals surface area contributed by atoms with Gasteiger partial charge in [-0.15, -0.1) is 0 Å². The van der Waals surface area contributed by atoms with E-state index in [0.29, 0.717) is 0 Å². The second-order valence-electron chi connectivity index (χ2n) is 2.28. The molecule has 0 aliphatic heterocycles. The first-order valence-electron chi connectivity index (χ1n) is 3.47. The molecule has 0 aromatic carbocycles. The Morgan fingerprint density at radius 2 is 2.45 bits per heavy atom. The normalized spacial score (nSPS) is 10.0. The van der Waals surface area contributed by atoms with Gasteiger partial charge in [0.1, 0.15) is 0 Å². The van der Waals surface area contributed by atoms with Gasteiger partial charge in [0.15, 0.2) is 0 Å². The maximum absolute atomic E-state index is 11.0. The monoisotopic (exact) mass is 264 g/mol. The Balaban J connectivity index is 3.06. The van der Waals surface area contributed by atoms with E-state index in [0.717, 1.165) is 22.1 Å². The highest BCUT2D eigenvalue weighted by molar-refractivity contribution is 14.1. The van der Waals surface area contributed by atoms with Crippen LogP contribution >= 0.6 is 22.6 Å². The maximum atomic E-state index is 11.0. The molecule has 60 valence electrons. The lowest BCUT2D eigenvalue weighted by molar-refractivity contribution is 0.825. The molecular weight excluding hydrogens is 255 g/mol. The van der Waals surface area contributed by atoms with Gasteiger partial charge < -0.3 is 0 Å². The summed E-state index contributed by atoms with van der Waals surface area (Å²) < 4.78 is 0.763. The van der Waals surface area contributed by atoms with Gasteiger partial charge in [-0.25, -0.2) is 0 Å². The molecule has 1 aromatic rings. The van der Waals surface area contributed by atoms with Crippen LogP contribution in [0.5, 0.6) is 0 Å². The molecule has 0 fully saturated rings. The molecule has 4 heteroatoms. The Labute approximate surface area is 78.4 Å². The van der Waals surface area contributed by atoms with E-state index in [2.05, 4.69) is 17.1 Å². The van der Waals surface area contributed by atoms with Gasteiger partial charge in [0.2, 0.25) is 5.43 Å². The first kappa shape index (κ1) is 8.70. The van der Waals surface area contributed by atoms with Crippen LogP contribution in [0.15, 0.2) is 11.0 Å². The van der Waals surface area contributed by atoms with Crippen molar-refractivity contribution in [3.8, 4) is 0 Å².